The topological polar surface area (TPSA) is 53.4 Å². The van der Waals surface area contributed by atoms with Crippen molar-refractivity contribution in [3.8, 4) is 0 Å². The van der Waals surface area contributed by atoms with Gasteiger partial charge in [-0.3, -0.25) is 9.78 Å². The molecule has 130 valence electrons. The van der Waals surface area contributed by atoms with E-state index in [1.54, 1.807) is 23.2 Å². The molecule has 0 saturated carbocycles. The highest BCUT2D eigenvalue weighted by molar-refractivity contribution is 6.31. The Hall–Kier alpha value is -2.69. The average molecular weight is 365 g/mol. The fourth-order valence-corrected chi connectivity index (χ4v) is 3.59. The van der Waals surface area contributed by atoms with Gasteiger partial charge in [-0.1, -0.05) is 54.1 Å². The van der Waals surface area contributed by atoms with Crippen LogP contribution in [0, 0.1) is 0 Å². The van der Waals surface area contributed by atoms with Gasteiger partial charge in [0, 0.05) is 28.9 Å². The number of hydrogen-bond donors (Lipinski definition) is 1. The maximum atomic E-state index is 13.2. The van der Waals surface area contributed by atoms with E-state index in [0.29, 0.717) is 28.5 Å². The fourth-order valence-electron chi connectivity index (χ4n) is 3.40. The standard InChI is InChI=1S/C21H17ClN2O2/c22-18-10-3-1-7-15(18)14-24-19-11-4-2-9-17(19)21(26,20(24)25)13-16-8-5-6-12-23-16/h1-12,26H,13-14H2/t21-/m0/s1. The van der Waals surface area contributed by atoms with Crippen LogP contribution >= 0.6 is 11.6 Å². The van der Waals surface area contributed by atoms with E-state index in [4.69, 9.17) is 11.6 Å². The third-order valence-electron chi connectivity index (χ3n) is 4.69. The van der Waals surface area contributed by atoms with Crippen molar-refractivity contribution >= 4 is 23.2 Å². The van der Waals surface area contributed by atoms with E-state index in [9.17, 15) is 9.90 Å². The molecule has 3 aromatic rings. The van der Waals surface area contributed by atoms with Crippen LogP contribution in [0.5, 0.6) is 0 Å². The molecule has 0 fully saturated rings. The molecule has 1 atom stereocenters. The van der Waals surface area contributed by atoms with Crippen LogP contribution in [-0.2, 0) is 23.4 Å². The van der Waals surface area contributed by atoms with Gasteiger partial charge in [-0.05, 0) is 29.8 Å². The lowest BCUT2D eigenvalue weighted by molar-refractivity contribution is -0.136. The van der Waals surface area contributed by atoms with Gasteiger partial charge in [0.2, 0.25) is 0 Å². The molecule has 1 aliphatic rings. The van der Waals surface area contributed by atoms with Crippen molar-refractivity contribution in [3.05, 3.63) is 94.8 Å². The highest BCUT2D eigenvalue weighted by Crippen LogP contribution is 2.43. The zero-order valence-corrected chi connectivity index (χ0v) is 14.7. The number of benzene rings is 2. The molecule has 0 unspecified atom stereocenters. The van der Waals surface area contributed by atoms with Crippen LogP contribution in [0.1, 0.15) is 16.8 Å². The summed E-state index contributed by atoms with van der Waals surface area (Å²) in [5.41, 5.74) is 1.17. The van der Waals surface area contributed by atoms with Crippen LogP contribution in [0.3, 0.4) is 0 Å². The van der Waals surface area contributed by atoms with Gasteiger partial charge < -0.3 is 10.0 Å². The zero-order valence-electron chi connectivity index (χ0n) is 14.0. The van der Waals surface area contributed by atoms with Crippen molar-refractivity contribution in [2.24, 2.45) is 0 Å². The summed E-state index contributed by atoms with van der Waals surface area (Å²) < 4.78 is 0. The molecule has 4 nitrogen and oxygen atoms in total. The zero-order chi connectivity index (χ0) is 18.1. The number of carbonyl (C=O) groups excluding carboxylic acids is 1. The van der Waals surface area contributed by atoms with Gasteiger partial charge in [-0.2, -0.15) is 0 Å². The van der Waals surface area contributed by atoms with Gasteiger partial charge in [0.15, 0.2) is 5.60 Å². The lowest BCUT2D eigenvalue weighted by Crippen LogP contribution is -2.41. The Morgan fingerprint density at radius 3 is 2.50 bits per heavy atom. The van der Waals surface area contributed by atoms with Crippen LogP contribution < -0.4 is 4.90 Å². The molecule has 0 saturated heterocycles. The second-order valence-electron chi connectivity index (χ2n) is 6.36. The summed E-state index contributed by atoms with van der Waals surface area (Å²) in [5.74, 6) is -0.357. The molecule has 1 N–H and O–H groups in total. The van der Waals surface area contributed by atoms with E-state index in [1.165, 1.54) is 0 Å². The first kappa shape index (κ1) is 16.8. The minimum Gasteiger partial charge on any atom is -0.375 e. The van der Waals surface area contributed by atoms with Crippen LogP contribution in [-0.4, -0.2) is 16.0 Å². The lowest BCUT2D eigenvalue weighted by atomic mass is 9.90. The number of para-hydroxylation sites is 1. The fraction of sp³-hybridized carbons (Fsp3) is 0.143. The molecule has 0 spiro atoms. The van der Waals surface area contributed by atoms with Gasteiger partial charge in [-0.25, -0.2) is 0 Å². The van der Waals surface area contributed by atoms with Crippen molar-refractivity contribution in [2.45, 2.75) is 18.6 Å². The Kier molecular flexibility index (Phi) is 4.23. The van der Waals surface area contributed by atoms with Crippen LogP contribution in [0.2, 0.25) is 5.02 Å². The molecule has 1 aromatic heterocycles. The van der Waals surface area contributed by atoms with Crippen molar-refractivity contribution in [1.82, 2.24) is 4.98 Å². The molecule has 26 heavy (non-hydrogen) atoms. The molecule has 1 aliphatic heterocycles. The van der Waals surface area contributed by atoms with Crippen molar-refractivity contribution in [3.63, 3.8) is 0 Å². The molecule has 5 heteroatoms. The number of halogens is 1. The predicted molar refractivity (Wildman–Crippen MR) is 101 cm³/mol. The number of amides is 1. The van der Waals surface area contributed by atoms with Crippen molar-refractivity contribution in [1.29, 1.82) is 0 Å². The monoisotopic (exact) mass is 364 g/mol. The Labute approximate surface area is 156 Å². The van der Waals surface area contributed by atoms with Crippen LogP contribution in [0.15, 0.2) is 72.9 Å². The van der Waals surface area contributed by atoms with E-state index >= 15 is 0 Å². The number of nitrogens with zero attached hydrogens (tertiary/aromatic N) is 2. The van der Waals surface area contributed by atoms with Gasteiger partial charge in [0.25, 0.3) is 5.91 Å². The summed E-state index contributed by atoms with van der Waals surface area (Å²) in [5, 5.41) is 11.9. The second-order valence-corrected chi connectivity index (χ2v) is 6.77. The smallest absolute Gasteiger partial charge is 0.264 e. The van der Waals surface area contributed by atoms with Gasteiger partial charge >= 0.3 is 0 Å². The summed E-state index contributed by atoms with van der Waals surface area (Å²) >= 11 is 6.27. The number of carbonyl (C=O) groups is 1. The number of hydrogen-bond acceptors (Lipinski definition) is 3. The van der Waals surface area contributed by atoms with Gasteiger partial charge in [-0.15, -0.1) is 0 Å². The predicted octanol–water partition coefficient (Wildman–Crippen LogP) is 3.71. The number of fused-ring (bicyclic) bond motifs is 1. The summed E-state index contributed by atoms with van der Waals surface area (Å²) in [7, 11) is 0. The molecule has 2 heterocycles. The van der Waals surface area contributed by atoms with E-state index in [2.05, 4.69) is 4.98 Å². The molecular formula is C21H17ClN2O2. The Morgan fingerprint density at radius 2 is 1.73 bits per heavy atom. The SMILES string of the molecule is O=C1N(Cc2ccccc2Cl)c2ccccc2[C@@]1(O)Cc1ccccn1. The quantitative estimate of drug-likeness (QED) is 0.767. The maximum absolute atomic E-state index is 13.2. The Balaban J connectivity index is 1.74. The number of aromatic nitrogens is 1. The van der Waals surface area contributed by atoms with Crippen LogP contribution in [0.4, 0.5) is 5.69 Å². The minimum atomic E-state index is -1.63. The van der Waals surface area contributed by atoms with E-state index < -0.39 is 5.60 Å². The first-order valence-electron chi connectivity index (χ1n) is 8.37. The largest absolute Gasteiger partial charge is 0.375 e. The molecule has 2 aromatic carbocycles. The highest BCUT2D eigenvalue weighted by atomic mass is 35.5. The molecule has 0 aliphatic carbocycles. The first-order valence-corrected chi connectivity index (χ1v) is 8.74. The highest BCUT2D eigenvalue weighted by Gasteiger charge is 2.49. The van der Waals surface area contributed by atoms with E-state index in [-0.39, 0.29) is 12.3 Å². The number of anilines is 1. The number of aliphatic hydroxyl groups is 1. The summed E-state index contributed by atoms with van der Waals surface area (Å²) in [4.78, 5) is 19.1. The van der Waals surface area contributed by atoms with E-state index in [0.717, 1.165) is 5.56 Å². The molecule has 0 bridgehead atoms. The summed E-state index contributed by atoms with van der Waals surface area (Å²) in [6.45, 7) is 0.306. The maximum Gasteiger partial charge on any atom is 0.264 e. The third kappa shape index (κ3) is 2.77. The molecule has 0 radical (unpaired) electrons. The normalized spacial score (nSPS) is 18.8. The number of pyridine rings is 1. The Bertz CT molecular complexity index is 961. The van der Waals surface area contributed by atoms with Gasteiger partial charge in [0.1, 0.15) is 0 Å². The van der Waals surface area contributed by atoms with Crippen LogP contribution in [0.25, 0.3) is 0 Å². The molecular weight excluding hydrogens is 348 g/mol. The second kappa shape index (κ2) is 6.56. The molecule has 1 amide bonds. The minimum absolute atomic E-state index is 0.128. The summed E-state index contributed by atoms with van der Waals surface area (Å²) in [6, 6.07) is 20.2. The first-order chi connectivity index (χ1) is 12.6. The average Bonchev–Trinajstić information content (AvgIpc) is 2.86. The van der Waals surface area contributed by atoms with Crippen molar-refractivity contribution < 1.29 is 9.90 Å². The van der Waals surface area contributed by atoms with E-state index in [1.807, 2.05) is 54.6 Å². The Morgan fingerprint density at radius 1 is 1.00 bits per heavy atom. The molecule has 4 rings (SSSR count). The van der Waals surface area contributed by atoms with Crippen molar-refractivity contribution in [2.75, 3.05) is 4.90 Å². The van der Waals surface area contributed by atoms with Gasteiger partial charge in [0.05, 0.1) is 12.2 Å². The lowest BCUT2D eigenvalue weighted by Gasteiger charge is -2.23. The summed E-state index contributed by atoms with van der Waals surface area (Å²) in [6.07, 6.45) is 1.79. The third-order valence-corrected chi connectivity index (χ3v) is 5.06. The number of rotatable bonds is 4.